The lowest BCUT2D eigenvalue weighted by atomic mass is 10.4. The number of nitrogen functional groups attached to an aromatic ring is 1. The van der Waals surface area contributed by atoms with Gasteiger partial charge in [0.05, 0.1) is 19.4 Å². The Hall–Kier alpha value is -1.90. The third-order valence-corrected chi connectivity index (χ3v) is 2.74. The van der Waals surface area contributed by atoms with E-state index in [0.717, 1.165) is 0 Å². The van der Waals surface area contributed by atoms with Gasteiger partial charge in [-0.15, -0.1) is 0 Å². The number of aromatic nitrogens is 3. The summed E-state index contributed by atoms with van der Waals surface area (Å²) in [7, 11) is 1.63. The van der Waals surface area contributed by atoms with Crippen LogP contribution in [0.4, 0.5) is 11.6 Å². The molecule has 0 saturated carbocycles. The van der Waals surface area contributed by atoms with Gasteiger partial charge in [0.2, 0.25) is 0 Å². The average molecular weight is 266 g/mol. The number of nitrogens with zero attached hydrogens (tertiary/aromatic N) is 4. The monoisotopic (exact) mass is 266 g/mol. The van der Waals surface area contributed by atoms with Crippen molar-refractivity contribution in [3.05, 3.63) is 18.6 Å². The number of fused-ring (bicyclic) bond motifs is 1. The van der Waals surface area contributed by atoms with Crippen LogP contribution in [0, 0.1) is 0 Å². The molecule has 2 heterocycles. The minimum Gasteiger partial charge on any atom is -0.395 e. The molecule has 0 unspecified atom stereocenters. The van der Waals surface area contributed by atoms with Gasteiger partial charge in [-0.1, -0.05) is 0 Å². The molecule has 0 amide bonds. The molecule has 0 aliphatic carbocycles. The third-order valence-electron chi connectivity index (χ3n) is 2.74. The Kier molecular flexibility index (Phi) is 4.50. The van der Waals surface area contributed by atoms with Crippen molar-refractivity contribution in [2.75, 3.05) is 43.7 Å². The van der Waals surface area contributed by atoms with Gasteiger partial charge in [0.25, 0.3) is 0 Å². The van der Waals surface area contributed by atoms with Crippen molar-refractivity contribution in [1.29, 1.82) is 0 Å². The summed E-state index contributed by atoms with van der Waals surface area (Å²) in [5.41, 5.74) is 3.23. The molecule has 2 aromatic rings. The fourth-order valence-electron chi connectivity index (χ4n) is 1.84. The van der Waals surface area contributed by atoms with Gasteiger partial charge in [0.1, 0.15) is 0 Å². The molecular formula is C11H18N6O2. The molecule has 8 nitrogen and oxygen atoms in total. The van der Waals surface area contributed by atoms with Crippen molar-refractivity contribution in [3.63, 3.8) is 0 Å². The van der Waals surface area contributed by atoms with Crippen LogP contribution in [0.2, 0.25) is 0 Å². The van der Waals surface area contributed by atoms with Gasteiger partial charge in [-0.05, 0) is 0 Å². The standard InChI is InChI=1S/C11H18N6O2/c1-19-7-5-16(4-6-18)11-10-13-2-3-17(10)8-9(14-11)15-12/h2-3,8,15,18H,4-7,12H2,1H3. The molecule has 0 aliphatic heterocycles. The number of nitrogens with one attached hydrogen (secondary N) is 1. The first-order chi connectivity index (χ1) is 9.30. The molecule has 2 aromatic heterocycles. The molecule has 0 saturated heterocycles. The van der Waals surface area contributed by atoms with Gasteiger partial charge >= 0.3 is 0 Å². The van der Waals surface area contributed by atoms with Crippen LogP contribution in [0.15, 0.2) is 18.6 Å². The van der Waals surface area contributed by atoms with Crippen molar-refractivity contribution in [3.8, 4) is 0 Å². The molecule has 0 aliphatic rings. The van der Waals surface area contributed by atoms with Crippen LogP contribution in [-0.4, -0.2) is 52.9 Å². The van der Waals surface area contributed by atoms with E-state index < -0.39 is 0 Å². The second-order valence-electron chi connectivity index (χ2n) is 3.96. The minimum atomic E-state index is 0.0263. The second kappa shape index (κ2) is 6.32. The van der Waals surface area contributed by atoms with Gasteiger partial charge in [-0.3, -0.25) is 0 Å². The number of ether oxygens (including phenoxy) is 1. The zero-order chi connectivity index (χ0) is 13.7. The summed E-state index contributed by atoms with van der Waals surface area (Å²) in [5, 5.41) is 9.17. The molecule has 8 heteroatoms. The number of methoxy groups -OCH3 is 1. The Morgan fingerprint density at radius 2 is 2.37 bits per heavy atom. The Morgan fingerprint density at radius 1 is 1.53 bits per heavy atom. The highest BCUT2D eigenvalue weighted by Crippen LogP contribution is 2.20. The number of hydrazine groups is 1. The maximum Gasteiger partial charge on any atom is 0.180 e. The van der Waals surface area contributed by atoms with Crippen LogP contribution < -0.4 is 16.2 Å². The third kappa shape index (κ3) is 2.92. The van der Waals surface area contributed by atoms with Gasteiger partial charge in [0, 0.05) is 32.6 Å². The molecule has 0 bridgehead atoms. The lowest BCUT2D eigenvalue weighted by Gasteiger charge is -2.23. The number of nitrogens with two attached hydrogens (primary N) is 1. The summed E-state index contributed by atoms with van der Waals surface area (Å²) >= 11 is 0. The Morgan fingerprint density at radius 3 is 3.05 bits per heavy atom. The predicted octanol–water partition coefficient (Wildman–Crippen LogP) is -0.540. The average Bonchev–Trinajstić information content (AvgIpc) is 2.90. The number of aliphatic hydroxyl groups is 1. The van der Waals surface area contributed by atoms with Crippen molar-refractivity contribution in [2.24, 2.45) is 5.84 Å². The fourth-order valence-corrected chi connectivity index (χ4v) is 1.84. The fraction of sp³-hybridized carbons (Fsp3) is 0.455. The zero-order valence-corrected chi connectivity index (χ0v) is 10.8. The molecule has 0 atom stereocenters. The summed E-state index contributed by atoms with van der Waals surface area (Å²) in [6.45, 7) is 1.63. The van der Waals surface area contributed by atoms with Crippen LogP contribution >= 0.6 is 0 Å². The highest BCUT2D eigenvalue weighted by Gasteiger charge is 2.14. The van der Waals surface area contributed by atoms with E-state index in [2.05, 4.69) is 15.4 Å². The zero-order valence-electron chi connectivity index (χ0n) is 10.8. The molecular weight excluding hydrogens is 248 g/mol. The van der Waals surface area contributed by atoms with E-state index in [0.29, 0.717) is 37.0 Å². The van der Waals surface area contributed by atoms with E-state index in [-0.39, 0.29) is 6.61 Å². The molecule has 0 fully saturated rings. The van der Waals surface area contributed by atoms with E-state index in [1.54, 1.807) is 19.5 Å². The lowest BCUT2D eigenvalue weighted by molar-refractivity contribution is 0.202. The number of aliphatic hydroxyl groups excluding tert-OH is 1. The van der Waals surface area contributed by atoms with Gasteiger partial charge in [-0.2, -0.15) is 0 Å². The van der Waals surface area contributed by atoms with Crippen molar-refractivity contribution < 1.29 is 9.84 Å². The van der Waals surface area contributed by atoms with E-state index in [1.807, 2.05) is 15.5 Å². The molecule has 0 spiro atoms. The summed E-state index contributed by atoms with van der Waals surface area (Å²) in [6, 6.07) is 0. The van der Waals surface area contributed by atoms with Crippen molar-refractivity contribution in [2.45, 2.75) is 0 Å². The first-order valence-corrected chi connectivity index (χ1v) is 5.95. The molecule has 104 valence electrons. The summed E-state index contributed by atoms with van der Waals surface area (Å²) in [4.78, 5) is 10.6. The molecule has 19 heavy (non-hydrogen) atoms. The van der Waals surface area contributed by atoms with Crippen molar-refractivity contribution in [1.82, 2.24) is 14.4 Å². The van der Waals surface area contributed by atoms with Gasteiger partial charge in [0.15, 0.2) is 17.3 Å². The van der Waals surface area contributed by atoms with Crippen LogP contribution in [-0.2, 0) is 4.74 Å². The number of imidazole rings is 1. The normalized spacial score (nSPS) is 10.9. The molecule has 2 rings (SSSR count). The Labute approximate surface area is 110 Å². The van der Waals surface area contributed by atoms with E-state index in [4.69, 9.17) is 15.7 Å². The largest absolute Gasteiger partial charge is 0.395 e. The first kappa shape index (κ1) is 13.5. The van der Waals surface area contributed by atoms with Crippen LogP contribution in [0.5, 0.6) is 0 Å². The number of anilines is 2. The van der Waals surface area contributed by atoms with Crippen LogP contribution in [0.1, 0.15) is 0 Å². The molecule has 0 radical (unpaired) electrons. The maximum absolute atomic E-state index is 9.17. The van der Waals surface area contributed by atoms with Crippen LogP contribution in [0.25, 0.3) is 5.65 Å². The predicted molar refractivity (Wildman–Crippen MR) is 72.0 cm³/mol. The molecule has 0 aromatic carbocycles. The lowest BCUT2D eigenvalue weighted by Crippen LogP contribution is -2.31. The SMILES string of the molecule is COCCN(CCO)c1nc(NN)cn2ccnc12. The quantitative estimate of drug-likeness (QED) is 0.457. The Bertz CT molecular complexity index is 529. The van der Waals surface area contributed by atoms with E-state index >= 15 is 0 Å². The molecule has 4 N–H and O–H groups in total. The smallest absolute Gasteiger partial charge is 0.180 e. The number of hydrogen-bond donors (Lipinski definition) is 3. The maximum atomic E-state index is 9.17. The van der Waals surface area contributed by atoms with E-state index in [1.165, 1.54) is 0 Å². The highest BCUT2D eigenvalue weighted by molar-refractivity contribution is 5.66. The van der Waals surface area contributed by atoms with Crippen LogP contribution in [0.3, 0.4) is 0 Å². The highest BCUT2D eigenvalue weighted by atomic mass is 16.5. The first-order valence-electron chi connectivity index (χ1n) is 5.95. The van der Waals surface area contributed by atoms with E-state index in [9.17, 15) is 0 Å². The van der Waals surface area contributed by atoms with Gasteiger partial charge in [-0.25, -0.2) is 15.8 Å². The van der Waals surface area contributed by atoms with Gasteiger partial charge < -0.3 is 24.6 Å². The topological polar surface area (TPSA) is 101 Å². The summed E-state index contributed by atoms with van der Waals surface area (Å²) in [6.07, 6.45) is 5.25. The summed E-state index contributed by atoms with van der Waals surface area (Å²) < 4.78 is 6.90. The Balaban J connectivity index is 2.40. The second-order valence-corrected chi connectivity index (χ2v) is 3.96. The summed E-state index contributed by atoms with van der Waals surface area (Å²) in [5.74, 6) is 6.60. The minimum absolute atomic E-state index is 0.0263. The number of hydrogen-bond acceptors (Lipinski definition) is 7. The number of rotatable bonds is 7. The van der Waals surface area contributed by atoms with Crippen molar-refractivity contribution >= 4 is 17.3 Å².